The number of para-hydroxylation sites is 2. The lowest BCUT2D eigenvalue weighted by Crippen LogP contribution is -2.43. The highest BCUT2D eigenvalue weighted by molar-refractivity contribution is 6.40. The van der Waals surface area contributed by atoms with E-state index < -0.39 is 24.3 Å². The van der Waals surface area contributed by atoms with E-state index in [0.29, 0.717) is 23.2 Å². The molecule has 0 saturated carbocycles. The molecule has 0 spiro atoms. The van der Waals surface area contributed by atoms with Gasteiger partial charge in [0.05, 0.1) is 18.0 Å². The molecule has 0 saturated heterocycles. The van der Waals surface area contributed by atoms with Gasteiger partial charge in [-0.2, -0.15) is 0 Å². The van der Waals surface area contributed by atoms with E-state index in [1.807, 2.05) is 24.3 Å². The minimum Gasteiger partial charge on any atom is -0.480 e. The molecule has 7 heteroatoms. The smallest absolute Gasteiger partial charge is 0.323 e. The molecule has 0 bridgehead atoms. The van der Waals surface area contributed by atoms with Crippen LogP contribution < -0.4 is 9.80 Å². The number of fused-ring (bicyclic) bond motifs is 2. The molecule has 0 aliphatic carbocycles. The third-order valence-corrected chi connectivity index (χ3v) is 9.10. The van der Waals surface area contributed by atoms with Crippen molar-refractivity contribution in [2.75, 3.05) is 23.0 Å². The second-order valence-corrected chi connectivity index (χ2v) is 11.3. The van der Waals surface area contributed by atoms with E-state index in [1.165, 1.54) is 0 Å². The molecule has 2 heterocycles. The highest BCUT2D eigenvalue weighted by atomic mass is 16.4. The summed E-state index contributed by atoms with van der Waals surface area (Å²) >= 11 is 0. The van der Waals surface area contributed by atoms with Gasteiger partial charge in [0.25, 0.3) is 11.8 Å². The van der Waals surface area contributed by atoms with Crippen molar-refractivity contribution in [3.63, 3.8) is 0 Å². The van der Waals surface area contributed by atoms with Gasteiger partial charge in [-0.25, -0.2) is 0 Å². The zero-order chi connectivity index (χ0) is 29.7. The summed E-state index contributed by atoms with van der Waals surface area (Å²) in [6.45, 7) is -0.0313. The molecule has 0 atom stereocenters. The lowest BCUT2D eigenvalue weighted by molar-refractivity contribution is -0.137. The second kappa shape index (κ2) is 8.78. The fourth-order valence-electron chi connectivity index (χ4n) is 7.27. The van der Waals surface area contributed by atoms with E-state index >= 15 is 0 Å². The van der Waals surface area contributed by atoms with Gasteiger partial charge in [0.15, 0.2) is 0 Å². The Morgan fingerprint density at radius 3 is 1.43 bits per heavy atom. The molecule has 2 amide bonds. The zero-order valence-electron chi connectivity index (χ0n) is 23.3. The summed E-state index contributed by atoms with van der Waals surface area (Å²) in [5.41, 5.74) is 5.11. The van der Waals surface area contributed by atoms with Crippen molar-refractivity contribution in [3.8, 4) is 0 Å². The van der Waals surface area contributed by atoms with Crippen LogP contribution in [0.2, 0.25) is 0 Å². The number of carboxylic acid groups (broad SMARTS) is 1. The third kappa shape index (κ3) is 3.18. The lowest BCUT2D eigenvalue weighted by Gasteiger charge is -2.40. The van der Waals surface area contributed by atoms with Gasteiger partial charge in [-0.3, -0.25) is 19.3 Å². The minimum atomic E-state index is -1.23. The Balaban J connectivity index is 1.39. The van der Waals surface area contributed by atoms with Crippen LogP contribution in [0.1, 0.15) is 20.7 Å². The molecule has 0 unspecified atom stereocenters. The molecule has 9 rings (SSSR count). The monoisotopic (exact) mass is 573 g/mol. The molecule has 44 heavy (non-hydrogen) atoms. The first-order valence-electron chi connectivity index (χ1n) is 14.4. The number of benzene rings is 7. The van der Waals surface area contributed by atoms with E-state index in [4.69, 9.17) is 0 Å². The Morgan fingerprint density at radius 1 is 0.545 bits per heavy atom. The van der Waals surface area contributed by atoms with Crippen LogP contribution in [0.3, 0.4) is 0 Å². The average molecular weight is 574 g/mol. The van der Waals surface area contributed by atoms with Gasteiger partial charge in [-0.05, 0) is 75.5 Å². The molecule has 1 N–H and O–H groups in total. The number of carbonyl (C=O) groups is 3. The Morgan fingerprint density at radius 2 is 0.977 bits per heavy atom. The van der Waals surface area contributed by atoms with E-state index in [1.54, 1.807) is 12.1 Å². The summed E-state index contributed by atoms with van der Waals surface area (Å²) in [6, 6.07) is 36.8. The number of nitrogens with zero attached hydrogens (tertiary/aromatic N) is 3. The Kier molecular flexibility index (Phi) is 4.92. The van der Waals surface area contributed by atoms with Crippen molar-refractivity contribution in [1.82, 2.24) is 4.90 Å². The van der Waals surface area contributed by atoms with Gasteiger partial charge in [-0.15, -0.1) is 0 Å². The van der Waals surface area contributed by atoms with E-state index in [-0.39, 0.29) is 0 Å². The van der Waals surface area contributed by atoms with E-state index in [2.05, 4.69) is 82.6 Å². The Bertz CT molecular complexity index is 2220. The van der Waals surface area contributed by atoms with Crippen LogP contribution in [-0.2, 0) is 4.79 Å². The van der Waals surface area contributed by atoms with E-state index in [0.717, 1.165) is 65.4 Å². The quantitative estimate of drug-likeness (QED) is 0.132. The Labute approximate surface area is 251 Å². The molecule has 0 aromatic heterocycles. The minimum absolute atomic E-state index is 0.348. The van der Waals surface area contributed by atoms with Gasteiger partial charge in [0.1, 0.15) is 6.54 Å². The number of carbonyl (C=O) groups excluding carboxylic acids is 2. The fourth-order valence-corrected chi connectivity index (χ4v) is 7.27. The maximum absolute atomic E-state index is 13.4. The van der Waals surface area contributed by atoms with Crippen molar-refractivity contribution >= 4 is 83.6 Å². The first-order chi connectivity index (χ1) is 21.5. The summed E-state index contributed by atoms with van der Waals surface area (Å²) in [5.74, 6) is -2.40. The first-order valence-corrected chi connectivity index (χ1v) is 14.4. The van der Waals surface area contributed by atoms with Crippen molar-refractivity contribution in [2.24, 2.45) is 0 Å². The molecule has 0 radical (unpaired) electrons. The van der Waals surface area contributed by atoms with Crippen LogP contribution in [0.5, 0.6) is 0 Å². The maximum atomic E-state index is 13.4. The van der Waals surface area contributed by atoms with Gasteiger partial charge >= 0.3 is 5.97 Å². The standard InChI is InChI=1S/C37H23N3O4/c41-31(42)19-38-36(43)27-13-11-23-25-15-17-29-35-30(18-16-26(33(25)35)24-12-14-28(37(38)44)34(27)32(23)24)40(22-9-5-2-6-10-22)20-39(29)21-7-3-1-4-8-21/h1-18H,19-20H2,(H,41,42). The number of rotatable bonds is 4. The summed E-state index contributed by atoms with van der Waals surface area (Å²) in [5, 5.41) is 17.0. The number of anilines is 4. The summed E-state index contributed by atoms with van der Waals surface area (Å²) in [6.07, 6.45) is 0. The largest absolute Gasteiger partial charge is 0.480 e. The molecule has 2 aliphatic rings. The van der Waals surface area contributed by atoms with E-state index in [9.17, 15) is 19.5 Å². The van der Waals surface area contributed by atoms with Gasteiger partial charge in [-0.1, -0.05) is 60.7 Å². The van der Waals surface area contributed by atoms with Crippen molar-refractivity contribution < 1.29 is 19.5 Å². The molecule has 7 aromatic carbocycles. The summed E-state index contributed by atoms with van der Waals surface area (Å²) < 4.78 is 0. The van der Waals surface area contributed by atoms with Gasteiger partial charge in [0, 0.05) is 38.7 Å². The third-order valence-electron chi connectivity index (χ3n) is 9.10. The van der Waals surface area contributed by atoms with Crippen LogP contribution in [0, 0.1) is 0 Å². The van der Waals surface area contributed by atoms with Crippen LogP contribution in [0.4, 0.5) is 22.7 Å². The topological polar surface area (TPSA) is 81.2 Å². The number of imide groups is 1. The maximum Gasteiger partial charge on any atom is 0.323 e. The number of hydrogen-bond acceptors (Lipinski definition) is 5. The molecule has 210 valence electrons. The van der Waals surface area contributed by atoms with Crippen LogP contribution in [-0.4, -0.2) is 41.0 Å². The second-order valence-electron chi connectivity index (χ2n) is 11.3. The molecule has 2 aliphatic heterocycles. The normalized spacial score (nSPS) is 14.5. The lowest BCUT2D eigenvalue weighted by atomic mass is 9.84. The number of carboxylic acids is 1. The van der Waals surface area contributed by atoms with Gasteiger partial charge in [0.2, 0.25) is 0 Å². The van der Waals surface area contributed by atoms with Crippen LogP contribution >= 0.6 is 0 Å². The highest BCUT2D eigenvalue weighted by Gasteiger charge is 2.36. The fraction of sp³-hybridized carbons (Fsp3) is 0.0541. The predicted molar refractivity (Wildman–Crippen MR) is 173 cm³/mol. The summed E-state index contributed by atoms with van der Waals surface area (Å²) in [4.78, 5) is 43.8. The number of hydrogen-bond donors (Lipinski definition) is 1. The highest BCUT2D eigenvalue weighted by Crippen LogP contribution is 2.51. The van der Waals surface area contributed by atoms with Crippen LogP contribution in [0.25, 0.3) is 43.1 Å². The Hall–Kier alpha value is -5.95. The number of amides is 2. The van der Waals surface area contributed by atoms with Crippen molar-refractivity contribution in [3.05, 3.63) is 120 Å². The summed E-state index contributed by atoms with van der Waals surface area (Å²) in [7, 11) is 0. The predicted octanol–water partition coefficient (Wildman–Crippen LogP) is 7.67. The average Bonchev–Trinajstić information content (AvgIpc) is 3.06. The van der Waals surface area contributed by atoms with Crippen LogP contribution in [0.15, 0.2) is 109 Å². The number of aliphatic carboxylic acids is 1. The zero-order valence-corrected chi connectivity index (χ0v) is 23.3. The molecule has 7 nitrogen and oxygen atoms in total. The molecular formula is C37H23N3O4. The van der Waals surface area contributed by atoms with Crippen molar-refractivity contribution in [2.45, 2.75) is 0 Å². The molecular weight excluding hydrogens is 550 g/mol. The van der Waals surface area contributed by atoms with Crippen molar-refractivity contribution in [1.29, 1.82) is 0 Å². The molecule has 7 aromatic rings. The first kappa shape index (κ1) is 24.6. The molecule has 0 fully saturated rings. The SMILES string of the molecule is O=C(O)CN1C(=O)c2ccc3c4ccc5c6c(ccc(c7ccc(c2c37)C1=O)c64)N(c1ccccc1)CN5c1ccccc1. The van der Waals surface area contributed by atoms with Gasteiger partial charge < -0.3 is 14.9 Å².